The van der Waals surface area contributed by atoms with Gasteiger partial charge in [-0.25, -0.2) is 0 Å². The Hall–Kier alpha value is -0.130. The van der Waals surface area contributed by atoms with Crippen molar-refractivity contribution in [3.05, 3.63) is 26.6 Å². The van der Waals surface area contributed by atoms with Gasteiger partial charge in [0, 0.05) is 16.6 Å². The molecule has 1 aromatic rings. The molecule has 0 bridgehead atoms. The number of halogens is 3. The molecule has 2 nitrogen and oxygen atoms in total. The summed E-state index contributed by atoms with van der Waals surface area (Å²) in [5, 5.41) is 3.19. The maximum absolute atomic E-state index is 12.0. The van der Waals surface area contributed by atoms with Crippen molar-refractivity contribution in [3.8, 4) is 5.75 Å². The maximum Gasteiger partial charge on any atom is 0.138 e. The van der Waals surface area contributed by atoms with Crippen LogP contribution < -0.4 is 10.1 Å². The molecule has 0 unspecified atom stereocenters. The first kappa shape index (κ1) is 14.9. The Morgan fingerprint density at radius 1 is 1.35 bits per heavy atom. The summed E-state index contributed by atoms with van der Waals surface area (Å²) < 4.78 is 19.5. The van der Waals surface area contributed by atoms with Gasteiger partial charge in [0.15, 0.2) is 0 Å². The van der Waals surface area contributed by atoms with Crippen molar-refractivity contribution in [1.29, 1.82) is 0 Å². The van der Waals surface area contributed by atoms with Gasteiger partial charge in [0.25, 0.3) is 0 Å². The van der Waals surface area contributed by atoms with Gasteiger partial charge in [0.2, 0.25) is 0 Å². The van der Waals surface area contributed by atoms with Crippen LogP contribution in [0.15, 0.2) is 21.1 Å². The Labute approximate surface area is 118 Å². The lowest BCUT2D eigenvalue weighted by molar-refractivity contribution is 0.333. The van der Waals surface area contributed by atoms with E-state index in [4.69, 9.17) is 4.74 Å². The molecule has 0 heterocycles. The van der Waals surface area contributed by atoms with Crippen LogP contribution in [0.25, 0.3) is 0 Å². The number of hydrogen-bond acceptors (Lipinski definition) is 2. The highest BCUT2D eigenvalue weighted by Gasteiger charge is 2.09. The zero-order valence-corrected chi connectivity index (χ0v) is 12.9. The summed E-state index contributed by atoms with van der Waals surface area (Å²) in [5.41, 5.74) is 1.06. The van der Waals surface area contributed by atoms with Crippen molar-refractivity contribution in [2.75, 3.05) is 19.8 Å². The molecule has 1 N–H and O–H groups in total. The molecular formula is C12H16Br2FNO. The number of alkyl halides is 1. The molecule has 17 heavy (non-hydrogen) atoms. The van der Waals surface area contributed by atoms with Crippen LogP contribution in [-0.2, 0) is 6.54 Å². The third-order valence-electron chi connectivity index (χ3n) is 2.18. The Morgan fingerprint density at radius 2 is 2.12 bits per heavy atom. The molecule has 0 aromatic heterocycles. The minimum atomic E-state index is -0.284. The van der Waals surface area contributed by atoms with E-state index >= 15 is 0 Å². The van der Waals surface area contributed by atoms with Gasteiger partial charge < -0.3 is 10.1 Å². The average molecular weight is 369 g/mol. The second-order valence-corrected chi connectivity index (χ2v) is 5.30. The zero-order valence-electron chi connectivity index (χ0n) is 9.73. The molecule has 0 amide bonds. The molecule has 0 radical (unpaired) electrons. The van der Waals surface area contributed by atoms with Crippen molar-refractivity contribution >= 4 is 31.9 Å². The lowest BCUT2D eigenvalue weighted by atomic mass is 10.2. The molecule has 0 aliphatic heterocycles. The summed E-state index contributed by atoms with van der Waals surface area (Å²) in [6.07, 6.45) is 0.541. The minimum absolute atomic E-state index is 0.284. The second kappa shape index (κ2) is 8.06. The molecule has 0 atom stereocenters. The van der Waals surface area contributed by atoms with Gasteiger partial charge in [-0.15, -0.1) is 0 Å². The number of benzene rings is 1. The Kier molecular flexibility index (Phi) is 7.08. The van der Waals surface area contributed by atoms with Crippen LogP contribution >= 0.6 is 31.9 Å². The Balaban J connectivity index is 2.73. The van der Waals surface area contributed by atoms with Crippen LogP contribution in [0.3, 0.4) is 0 Å². The van der Waals surface area contributed by atoms with Crippen LogP contribution in [0.4, 0.5) is 4.39 Å². The Morgan fingerprint density at radius 3 is 2.76 bits per heavy atom. The molecule has 96 valence electrons. The maximum atomic E-state index is 12.0. The fourth-order valence-electron chi connectivity index (χ4n) is 1.47. The summed E-state index contributed by atoms with van der Waals surface area (Å²) in [5.74, 6) is 0.850. The molecule has 0 spiro atoms. The Bertz CT molecular complexity index is 361. The molecule has 1 rings (SSSR count). The van der Waals surface area contributed by atoms with E-state index in [1.54, 1.807) is 0 Å². The average Bonchev–Trinajstić information content (AvgIpc) is 2.29. The van der Waals surface area contributed by atoms with Crippen LogP contribution in [0.1, 0.15) is 18.9 Å². The summed E-state index contributed by atoms with van der Waals surface area (Å²) in [6, 6.07) is 3.97. The van der Waals surface area contributed by atoms with Crippen LogP contribution in [0.5, 0.6) is 5.75 Å². The highest BCUT2D eigenvalue weighted by atomic mass is 79.9. The second-order valence-electron chi connectivity index (χ2n) is 3.53. The standard InChI is InChI=1S/C12H16Br2FNO/c1-2-17-12-9(8-16-5-3-4-15)6-10(13)7-11(12)14/h6-7,16H,2-5,8H2,1H3. The summed E-state index contributed by atoms with van der Waals surface area (Å²) >= 11 is 6.93. The van der Waals surface area contributed by atoms with Gasteiger partial charge in [0.1, 0.15) is 5.75 Å². The molecule has 0 saturated heterocycles. The normalized spacial score (nSPS) is 10.6. The van der Waals surface area contributed by atoms with Crippen molar-refractivity contribution in [3.63, 3.8) is 0 Å². The molecule has 0 aliphatic carbocycles. The molecule has 1 aromatic carbocycles. The third kappa shape index (κ3) is 4.94. The molecule has 0 aliphatic rings. The lowest BCUT2D eigenvalue weighted by Gasteiger charge is -2.13. The SMILES string of the molecule is CCOc1c(Br)cc(Br)cc1CNCCCF. The van der Waals surface area contributed by atoms with E-state index < -0.39 is 0 Å². The van der Waals surface area contributed by atoms with Gasteiger partial charge in [-0.2, -0.15) is 0 Å². The van der Waals surface area contributed by atoms with Crippen LogP contribution in [-0.4, -0.2) is 19.8 Å². The number of hydrogen-bond donors (Lipinski definition) is 1. The van der Waals surface area contributed by atoms with Crippen molar-refractivity contribution < 1.29 is 9.13 Å². The van der Waals surface area contributed by atoms with E-state index in [1.165, 1.54) is 0 Å². The summed E-state index contributed by atoms with van der Waals surface area (Å²) in [7, 11) is 0. The van der Waals surface area contributed by atoms with Crippen molar-refractivity contribution in [2.24, 2.45) is 0 Å². The van der Waals surface area contributed by atoms with Gasteiger partial charge in [-0.1, -0.05) is 15.9 Å². The molecule has 5 heteroatoms. The van der Waals surface area contributed by atoms with E-state index in [2.05, 4.69) is 37.2 Å². The van der Waals surface area contributed by atoms with Crippen molar-refractivity contribution in [2.45, 2.75) is 19.9 Å². The highest BCUT2D eigenvalue weighted by Crippen LogP contribution is 2.32. The lowest BCUT2D eigenvalue weighted by Crippen LogP contribution is -2.16. The van der Waals surface area contributed by atoms with E-state index in [9.17, 15) is 4.39 Å². The largest absolute Gasteiger partial charge is 0.492 e. The first-order valence-electron chi connectivity index (χ1n) is 5.56. The van der Waals surface area contributed by atoms with Gasteiger partial charge in [-0.3, -0.25) is 4.39 Å². The van der Waals surface area contributed by atoms with E-state index in [-0.39, 0.29) is 6.67 Å². The molecule has 0 saturated carbocycles. The van der Waals surface area contributed by atoms with Crippen LogP contribution in [0.2, 0.25) is 0 Å². The van der Waals surface area contributed by atoms with E-state index in [0.717, 1.165) is 20.3 Å². The highest BCUT2D eigenvalue weighted by molar-refractivity contribution is 9.11. The number of ether oxygens (including phenoxy) is 1. The first-order chi connectivity index (χ1) is 8.19. The summed E-state index contributed by atoms with van der Waals surface area (Å²) in [6.45, 7) is 3.64. The quantitative estimate of drug-likeness (QED) is 0.733. The minimum Gasteiger partial charge on any atom is -0.492 e. The van der Waals surface area contributed by atoms with Crippen molar-refractivity contribution in [1.82, 2.24) is 5.32 Å². The van der Waals surface area contributed by atoms with Gasteiger partial charge >= 0.3 is 0 Å². The van der Waals surface area contributed by atoms with E-state index in [1.807, 2.05) is 19.1 Å². The zero-order chi connectivity index (χ0) is 12.7. The van der Waals surface area contributed by atoms with Gasteiger partial charge in [0.05, 0.1) is 17.8 Å². The third-order valence-corrected chi connectivity index (χ3v) is 3.22. The first-order valence-corrected chi connectivity index (χ1v) is 7.15. The summed E-state index contributed by atoms with van der Waals surface area (Å²) in [4.78, 5) is 0. The topological polar surface area (TPSA) is 21.3 Å². The number of nitrogens with one attached hydrogen (secondary N) is 1. The predicted octanol–water partition coefficient (Wildman–Crippen LogP) is 4.06. The number of rotatable bonds is 7. The van der Waals surface area contributed by atoms with Gasteiger partial charge in [-0.05, 0) is 48.0 Å². The van der Waals surface area contributed by atoms with E-state index in [0.29, 0.717) is 26.1 Å². The fraction of sp³-hybridized carbons (Fsp3) is 0.500. The smallest absolute Gasteiger partial charge is 0.138 e. The van der Waals surface area contributed by atoms with Crippen LogP contribution in [0, 0.1) is 0 Å². The fourth-order valence-corrected chi connectivity index (χ4v) is 2.89. The monoisotopic (exact) mass is 367 g/mol. The molecule has 0 fully saturated rings. The molecular weight excluding hydrogens is 353 g/mol. The predicted molar refractivity (Wildman–Crippen MR) is 75.3 cm³/mol.